The topological polar surface area (TPSA) is 44.0 Å². The summed E-state index contributed by atoms with van der Waals surface area (Å²) in [5.41, 5.74) is 2.16. The van der Waals surface area contributed by atoms with Gasteiger partial charge < -0.3 is 0 Å². The van der Waals surface area contributed by atoms with Crippen LogP contribution in [0.25, 0.3) is 5.69 Å². The molecule has 0 radical (unpaired) electrons. The van der Waals surface area contributed by atoms with Crippen LogP contribution in [0, 0.1) is 6.92 Å². The van der Waals surface area contributed by atoms with Gasteiger partial charge in [-0.25, -0.2) is 4.79 Å². The second-order valence-corrected chi connectivity index (χ2v) is 8.47. The minimum absolute atomic E-state index is 0.0384. The lowest BCUT2D eigenvalue weighted by Gasteiger charge is -2.23. The van der Waals surface area contributed by atoms with Crippen molar-refractivity contribution in [1.29, 1.82) is 0 Å². The third-order valence-electron chi connectivity index (χ3n) is 5.05. The van der Waals surface area contributed by atoms with E-state index in [0.29, 0.717) is 11.4 Å². The molecule has 0 bridgehead atoms. The van der Waals surface area contributed by atoms with Crippen LogP contribution in [-0.2, 0) is 0 Å². The van der Waals surface area contributed by atoms with E-state index in [4.69, 9.17) is 0 Å². The molecule has 4 nitrogen and oxygen atoms in total. The van der Waals surface area contributed by atoms with Gasteiger partial charge in [0.25, 0.3) is 0 Å². The summed E-state index contributed by atoms with van der Waals surface area (Å²) in [6.07, 6.45) is 5.61. The second-order valence-electron chi connectivity index (χ2n) is 6.54. The predicted octanol–water partition coefficient (Wildman–Crippen LogP) is 4.50. The molecule has 0 spiro atoms. The summed E-state index contributed by atoms with van der Waals surface area (Å²) in [6, 6.07) is 6.08. The predicted molar refractivity (Wildman–Crippen MR) is 99.6 cm³/mol. The van der Waals surface area contributed by atoms with Gasteiger partial charge in [0.05, 0.1) is 11.4 Å². The molecule has 0 saturated heterocycles. The largest absolute Gasteiger partial charge is 0.333 e. The van der Waals surface area contributed by atoms with E-state index in [1.165, 1.54) is 18.2 Å². The van der Waals surface area contributed by atoms with Gasteiger partial charge in [0.2, 0.25) is 0 Å². The lowest BCUT2D eigenvalue weighted by atomic mass is 9.95. The molecule has 2 aliphatic rings. The second kappa shape index (κ2) is 6.23. The van der Waals surface area contributed by atoms with E-state index in [0.717, 1.165) is 46.4 Å². The van der Waals surface area contributed by atoms with Crippen molar-refractivity contribution in [3.8, 4) is 5.69 Å². The first-order valence-electron chi connectivity index (χ1n) is 8.37. The normalized spacial score (nSPS) is 18.2. The zero-order chi connectivity index (χ0) is 16.8. The first-order valence-corrected chi connectivity index (χ1v) is 10.2. The molecule has 1 aliphatic carbocycles. The summed E-state index contributed by atoms with van der Waals surface area (Å²) >= 11 is 4.98. The highest BCUT2D eigenvalue weighted by atomic mass is 79.9. The van der Waals surface area contributed by atoms with E-state index in [1.807, 2.05) is 29.7 Å². The van der Waals surface area contributed by atoms with Crippen molar-refractivity contribution in [2.45, 2.75) is 50.0 Å². The Morgan fingerprint density at radius 1 is 1.17 bits per heavy atom. The van der Waals surface area contributed by atoms with Crippen LogP contribution in [0.3, 0.4) is 0 Å². The van der Waals surface area contributed by atoms with Gasteiger partial charge in [0.1, 0.15) is 5.69 Å². The number of nitrogens with zero attached hydrogens (tertiary/aromatic N) is 2. The fraction of sp³-hybridized carbons (Fsp3) is 0.444. The standard InChI is InChI=1S/C18H19BrN2O2S/c1-11-17-15(22)10-24-16-9-12(19)7-8-14(16)21(17)18(23)20(11)13-5-3-2-4-6-13/h7-9,13H,2-6,10H2,1H3. The summed E-state index contributed by atoms with van der Waals surface area (Å²) in [5.74, 6) is 0.412. The van der Waals surface area contributed by atoms with Crippen LogP contribution in [0.1, 0.15) is 54.3 Å². The summed E-state index contributed by atoms with van der Waals surface area (Å²) in [4.78, 5) is 26.9. The average Bonchev–Trinajstić information content (AvgIpc) is 2.74. The Hall–Kier alpha value is -1.27. The van der Waals surface area contributed by atoms with Gasteiger partial charge in [-0.05, 0) is 38.0 Å². The number of carbonyl (C=O) groups excluding carboxylic acids is 1. The van der Waals surface area contributed by atoms with Gasteiger partial charge in [-0.2, -0.15) is 0 Å². The fourth-order valence-electron chi connectivity index (χ4n) is 3.94. The maximum absolute atomic E-state index is 13.2. The molecule has 2 heterocycles. The molecule has 1 saturated carbocycles. The Bertz CT molecular complexity index is 878. The number of halogens is 1. The number of ketones is 1. The molecule has 4 rings (SSSR count). The highest BCUT2D eigenvalue weighted by Crippen LogP contribution is 2.35. The first-order chi connectivity index (χ1) is 11.6. The van der Waals surface area contributed by atoms with E-state index < -0.39 is 0 Å². The van der Waals surface area contributed by atoms with Gasteiger partial charge >= 0.3 is 5.69 Å². The fourth-order valence-corrected chi connectivity index (χ4v) is 5.40. The summed E-state index contributed by atoms with van der Waals surface area (Å²) in [6.45, 7) is 1.92. The average molecular weight is 407 g/mol. The maximum Gasteiger partial charge on any atom is 0.333 e. The molecular formula is C18H19BrN2O2S. The van der Waals surface area contributed by atoms with Gasteiger partial charge in [0, 0.05) is 21.1 Å². The molecule has 24 heavy (non-hydrogen) atoms. The number of benzene rings is 1. The number of aromatic nitrogens is 2. The molecule has 126 valence electrons. The number of fused-ring (bicyclic) bond motifs is 3. The number of hydrogen-bond acceptors (Lipinski definition) is 3. The molecule has 1 aliphatic heterocycles. The smallest absolute Gasteiger partial charge is 0.292 e. The van der Waals surface area contributed by atoms with Crippen LogP contribution in [0.2, 0.25) is 0 Å². The van der Waals surface area contributed by atoms with E-state index in [1.54, 1.807) is 4.57 Å². The van der Waals surface area contributed by atoms with Crippen LogP contribution in [0.15, 0.2) is 32.4 Å². The van der Waals surface area contributed by atoms with E-state index in [2.05, 4.69) is 15.9 Å². The molecule has 0 amide bonds. The zero-order valence-corrected chi connectivity index (χ0v) is 16.0. The number of hydrogen-bond donors (Lipinski definition) is 0. The molecule has 1 aromatic heterocycles. The molecule has 0 N–H and O–H groups in total. The quantitative estimate of drug-likeness (QED) is 0.699. The summed E-state index contributed by atoms with van der Waals surface area (Å²) < 4.78 is 4.49. The number of Topliss-reactive ketones (excluding diaryl/α,β-unsaturated/α-hetero) is 1. The van der Waals surface area contributed by atoms with E-state index >= 15 is 0 Å². The van der Waals surface area contributed by atoms with Gasteiger partial charge in [-0.3, -0.25) is 13.9 Å². The minimum Gasteiger partial charge on any atom is -0.292 e. The molecule has 0 atom stereocenters. The Labute approximate surface area is 153 Å². The molecular weight excluding hydrogens is 388 g/mol. The molecule has 1 aromatic carbocycles. The maximum atomic E-state index is 13.2. The van der Waals surface area contributed by atoms with Crippen molar-refractivity contribution in [2.24, 2.45) is 0 Å². The SMILES string of the molecule is Cc1c2n(c(=O)n1C1CCCCC1)-c1ccc(Br)cc1SCC2=O. The van der Waals surface area contributed by atoms with Gasteiger partial charge in [0.15, 0.2) is 5.78 Å². The van der Waals surface area contributed by atoms with Crippen LogP contribution in [0.4, 0.5) is 0 Å². The number of thioether (sulfide) groups is 1. The minimum atomic E-state index is -0.0613. The summed E-state index contributed by atoms with van der Waals surface area (Å²) in [5, 5.41) is 0. The number of imidazole rings is 1. The first kappa shape index (κ1) is 16.2. The van der Waals surface area contributed by atoms with Crippen molar-refractivity contribution in [3.63, 3.8) is 0 Å². The van der Waals surface area contributed by atoms with Crippen molar-refractivity contribution < 1.29 is 4.79 Å². The summed E-state index contributed by atoms with van der Waals surface area (Å²) in [7, 11) is 0. The third-order valence-corrected chi connectivity index (χ3v) is 6.59. The Balaban J connectivity index is 1.97. The van der Waals surface area contributed by atoms with Crippen molar-refractivity contribution in [3.05, 3.63) is 44.5 Å². The highest BCUT2D eigenvalue weighted by Gasteiger charge is 2.30. The molecule has 2 aromatic rings. The van der Waals surface area contributed by atoms with Crippen LogP contribution < -0.4 is 5.69 Å². The zero-order valence-electron chi connectivity index (χ0n) is 13.5. The lowest BCUT2D eigenvalue weighted by Crippen LogP contribution is -2.29. The Kier molecular flexibility index (Phi) is 4.21. The molecule has 0 unspecified atom stereocenters. The monoisotopic (exact) mass is 406 g/mol. The highest BCUT2D eigenvalue weighted by molar-refractivity contribution is 9.10. The van der Waals surface area contributed by atoms with Crippen LogP contribution >= 0.6 is 27.7 Å². The Morgan fingerprint density at radius 2 is 1.92 bits per heavy atom. The van der Waals surface area contributed by atoms with Crippen molar-refractivity contribution in [1.82, 2.24) is 9.13 Å². The van der Waals surface area contributed by atoms with Crippen molar-refractivity contribution >= 4 is 33.5 Å². The molecule has 1 fully saturated rings. The van der Waals surface area contributed by atoms with Gasteiger partial charge in [-0.1, -0.05) is 35.2 Å². The van der Waals surface area contributed by atoms with Crippen LogP contribution in [-0.4, -0.2) is 20.7 Å². The van der Waals surface area contributed by atoms with Gasteiger partial charge in [-0.15, -0.1) is 11.8 Å². The van der Waals surface area contributed by atoms with E-state index in [9.17, 15) is 9.59 Å². The number of carbonyl (C=O) groups is 1. The number of rotatable bonds is 1. The third kappa shape index (κ3) is 2.51. The molecule has 6 heteroatoms. The van der Waals surface area contributed by atoms with Crippen molar-refractivity contribution in [2.75, 3.05) is 5.75 Å². The van der Waals surface area contributed by atoms with Crippen LogP contribution in [0.5, 0.6) is 0 Å². The lowest BCUT2D eigenvalue weighted by molar-refractivity contribution is 0.101. The van der Waals surface area contributed by atoms with E-state index in [-0.39, 0.29) is 17.5 Å². The Morgan fingerprint density at radius 3 is 2.67 bits per heavy atom.